The van der Waals surface area contributed by atoms with E-state index in [4.69, 9.17) is 0 Å². The topological polar surface area (TPSA) is 40.5 Å². The lowest BCUT2D eigenvalue weighted by molar-refractivity contribution is -0.0375. The fourth-order valence-electron chi connectivity index (χ4n) is 1.46. The van der Waals surface area contributed by atoms with Gasteiger partial charge in [0.05, 0.1) is 0 Å². The Kier molecular flexibility index (Phi) is 4.21. The van der Waals surface area contributed by atoms with E-state index < -0.39 is 0 Å². The van der Waals surface area contributed by atoms with Gasteiger partial charge >= 0.3 is 0 Å². The standard InChI is InChI=1S/C10H22O2/c1-5-9(3,7-11)10(4,6-2)8-12/h11-12H,5-8H2,1-4H3. The number of hydrogen-bond donors (Lipinski definition) is 2. The first-order valence-corrected chi connectivity index (χ1v) is 4.71. The van der Waals surface area contributed by atoms with Gasteiger partial charge < -0.3 is 10.2 Å². The Labute approximate surface area is 75.6 Å². The first kappa shape index (κ1) is 11.9. The summed E-state index contributed by atoms with van der Waals surface area (Å²) in [6.07, 6.45) is 1.79. The van der Waals surface area contributed by atoms with Crippen LogP contribution in [0.1, 0.15) is 40.5 Å². The molecule has 0 saturated carbocycles. The van der Waals surface area contributed by atoms with Crippen molar-refractivity contribution in [2.24, 2.45) is 10.8 Å². The molecule has 0 amide bonds. The summed E-state index contributed by atoms with van der Waals surface area (Å²) in [5, 5.41) is 18.5. The minimum absolute atomic E-state index is 0.147. The quantitative estimate of drug-likeness (QED) is 0.667. The molecule has 0 rings (SSSR count). The van der Waals surface area contributed by atoms with Crippen LogP contribution in [0, 0.1) is 10.8 Å². The highest BCUT2D eigenvalue weighted by Crippen LogP contribution is 2.43. The fourth-order valence-corrected chi connectivity index (χ4v) is 1.46. The lowest BCUT2D eigenvalue weighted by atomic mass is 9.63. The van der Waals surface area contributed by atoms with Crippen LogP contribution in [-0.4, -0.2) is 23.4 Å². The Morgan fingerprint density at radius 2 is 1.08 bits per heavy atom. The van der Waals surface area contributed by atoms with Gasteiger partial charge in [0.2, 0.25) is 0 Å². The van der Waals surface area contributed by atoms with E-state index in [1.54, 1.807) is 0 Å². The van der Waals surface area contributed by atoms with Crippen LogP contribution in [0.3, 0.4) is 0 Å². The molecule has 0 heterocycles. The first-order chi connectivity index (χ1) is 5.49. The second-order valence-corrected chi connectivity index (χ2v) is 4.14. The minimum Gasteiger partial charge on any atom is -0.396 e. The maximum absolute atomic E-state index is 9.27. The molecule has 0 aromatic rings. The van der Waals surface area contributed by atoms with Crippen molar-refractivity contribution >= 4 is 0 Å². The van der Waals surface area contributed by atoms with Crippen molar-refractivity contribution in [2.45, 2.75) is 40.5 Å². The first-order valence-electron chi connectivity index (χ1n) is 4.71. The van der Waals surface area contributed by atoms with Crippen molar-refractivity contribution in [3.05, 3.63) is 0 Å². The predicted molar refractivity (Wildman–Crippen MR) is 51.0 cm³/mol. The summed E-state index contributed by atoms with van der Waals surface area (Å²) in [6, 6.07) is 0. The molecule has 2 heteroatoms. The van der Waals surface area contributed by atoms with Crippen LogP contribution in [0.4, 0.5) is 0 Å². The molecule has 2 unspecified atom stereocenters. The summed E-state index contributed by atoms with van der Waals surface area (Å²) in [6.45, 7) is 8.47. The van der Waals surface area contributed by atoms with E-state index in [2.05, 4.69) is 13.8 Å². The molecule has 0 aromatic carbocycles. The van der Waals surface area contributed by atoms with Crippen LogP contribution in [-0.2, 0) is 0 Å². The van der Waals surface area contributed by atoms with Gasteiger partial charge in [0.15, 0.2) is 0 Å². The maximum atomic E-state index is 9.27. The largest absolute Gasteiger partial charge is 0.396 e. The highest BCUT2D eigenvalue weighted by atomic mass is 16.3. The van der Waals surface area contributed by atoms with Gasteiger partial charge in [0, 0.05) is 13.2 Å². The van der Waals surface area contributed by atoms with Crippen LogP contribution in [0.2, 0.25) is 0 Å². The van der Waals surface area contributed by atoms with Gasteiger partial charge in [0.1, 0.15) is 0 Å². The van der Waals surface area contributed by atoms with Gasteiger partial charge in [-0.25, -0.2) is 0 Å². The van der Waals surface area contributed by atoms with Crippen LogP contribution in [0.5, 0.6) is 0 Å². The second kappa shape index (κ2) is 4.24. The third-order valence-corrected chi connectivity index (χ3v) is 3.72. The van der Waals surface area contributed by atoms with Crippen molar-refractivity contribution in [1.29, 1.82) is 0 Å². The molecule has 0 aliphatic rings. The SMILES string of the molecule is CCC(C)(CO)C(C)(CC)CO. The normalized spacial score (nSPS) is 21.5. The van der Waals surface area contributed by atoms with E-state index in [0.29, 0.717) is 0 Å². The molecule has 0 saturated heterocycles. The Bertz CT molecular complexity index is 108. The summed E-state index contributed by atoms with van der Waals surface area (Å²) in [7, 11) is 0. The Hall–Kier alpha value is -0.0800. The van der Waals surface area contributed by atoms with E-state index in [1.165, 1.54) is 0 Å². The van der Waals surface area contributed by atoms with Crippen LogP contribution >= 0.6 is 0 Å². The lowest BCUT2D eigenvalue weighted by Crippen LogP contribution is -2.42. The van der Waals surface area contributed by atoms with Gasteiger partial charge in [-0.1, -0.05) is 27.7 Å². The van der Waals surface area contributed by atoms with Gasteiger partial charge in [-0.3, -0.25) is 0 Å². The third kappa shape index (κ3) is 1.80. The van der Waals surface area contributed by atoms with E-state index in [-0.39, 0.29) is 24.0 Å². The van der Waals surface area contributed by atoms with E-state index >= 15 is 0 Å². The molecule has 2 nitrogen and oxygen atoms in total. The lowest BCUT2D eigenvalue weighted by Gasteiger charge is -2.43. The Morgan fingerprint density at radius 3 is 1.17 bits per heavy atom. The van der Waals surface area contributed by atoms with Gasteiger partial charge in [0.25, 0.3) is 0 Å². The van der Waals surface area contributed by atoms with Crippen molar-refractivity contribution in [3.63, 3.8) is 0 Å². The highest BCUT2D eigenvalue weighted by molar-refractivity contribution is 4.89. The zero-order valence-electron chi connectivity index (χ0n) is 8.72. The smallest absolute Gasteiger partial charge is 0.0490 e. The molecule has 0 aliphatic heterocycles. The fraction of sp³-hybridized carbons (Fsp3) is 1.00. The number of aliphatic hydroxyl groups excluding tert-OH is 2. The average Bonchev–Trinajstić information content (AvgIpc) is 2.15. The summed E-state index contributed by atoms with van der Waals surface area (Å²) in [5.74, 6) is 0. The average molecular weight is 174 g/mol. The molecule has 0 aromatic heterocycles. The van der Waals surface area contributed by atoms with Gasteiger partial charge in [-0.05, 0) is 23.7 Å². The molecule has 0 aliphatic carbocycles. The summed E-state index contributed by atoms with van der Waals surface area (Å²) < 4.78 is 0. The van der Waals surface area contributed by atoms with Crippen molar-refractivity contribution in [3.8, 4) is 0 Å². The molecular formula is C10H22O2. The minimum atomic E-state index is -0.156. The third-order valence-electron chi connectivity index (χ3n) is 3.72. The second-order valence-electron chi connectivity index (χ2n) is 4.14. The van der Waals surface area contributed by atoms with Gasteiger partial charge in [-0.2, -0.15) is 0 Å². The molecule has 0 fully saturated rings. The maximum Gasteiger partial charge on any atom is 0.0490 e. The van der Waals surface area contributed by atoms with Gasteiger partial charge in [-0.15, -0.1) is 0 Å². The van der Waals surface area contributed by atoms with Crippen LogP contribution in [0.15, 0.2) is 0 Å². The molecule has 0 radical (unpaired) electrons. The predicted octanol–water partition coefficient (Wildman–Crippen LogP) is 1.80. The monoisotopic (exact) mass is 174 g/mol. The summed E-state index contributed by atoms with van der Waals surface area (Å²) >= 11 is 0. The summed E-state index contributed by atoms with van der Waals surface area (Å²) in [4.78, 5) is 0. The molecule has 74 valence electrons. The molecule has 2 atom stereocenters. The zero-order valence-corrected chi connectivity index (χ0v) is 8.72. The van der Waals surface area contributed by atoms with E-state index in [0.717, 1.165) is 12.8 Å². The van der Waals surface area contributed by atoms with Crippen molar-refractivity contribution < 1.29 is 10.2 Å². The highest BCUT2D eigenvalue weighted by Gasteiger charge is 2.40. The molecule has 0 spiro atoms. The number of rotatable bonds is 5. The Balaban J connectivity index is 4.66. The summed E-state index contributed by atoms with van der Waals surface area (Å²) in [5.41, 5.74) is -0.312. The molecule has 2 N–H and O–H groups in total. The van der Waals surface area contributed by atoms with Crippen LogP contribution in [0.25, 0.3) is 0 Å². The zero-order chi connectivity index (χ0) is 9.83. The molecule has 12 heavy (non-hydrogen) atoms. The van der Waals surface area contributed by atoms with Crippen molar-refractivity contribution in [2.75, 3.05) is 13.2 Å². The molecular weight excluding hydrogens is 152 g/mol. The molecule has 0 bridgehead atoms. The van der Waals surface area contributed by atoms with E-state index in [1.807, 2.05) is 13.8 Å². The van der Waals surface area contributed by atoms with E-state index in [9.17, 15) is 10.2 Å². The van der Waals surface area contributed by atoms with Crippen LogP contribution < -0.4 is 0 Å². The van der Waals surface area contributed by atoms with Crippen molar-refractivity contribution in [1.82, 2.24) is 0 Å². The Morgan fingerprint density at radius 1 is 0.833 bits per heavy atom. The number of aliphatic hydroxyl groups is 2. The number of hydrogen-bond acceptors (Lipinski definition) is 2.